The number of piperidine rings is 1. The number of anilines is 2. The Morgan fingerprint density at radius 1 is 1.07 bits per heavy atom. The van der Waals surface area contributed by atoms with E-state index in [9.17, 15) is 0 Å². The fourth-order valence-corrected chi connectivity index (χ4v) is 4.41. The zero-order valence-corrected chi connectivity index (χ0v) is 16.5. The van der Waals surface area contributed by atoms with Crippen LogP contribution >= 0.6 is 0 Å². The standard InChI is InChI=1S/C24H23N5/c1-28-15-21(19-4-2-3-5-23(19)28)20-12-17-6-7-18(13-22(17)27-24(20)26)29-10-8-16(14-25)9-11-29/h2-7,12-13,15-16H,8-11H2,1H3,(H2,26,27). The minimum absolute atomic E-state index is 0.184. The molecule has 0 unspecified atom stereocenters. The lowest BCUT2D eigenvalue weighted by molar-refractivity contribution is 0.488. The summed E-state index contributed by atoms with van der Waals surface area (Å²) in [7, 11) is 2.05. The number of nitriles is 1. The van der Waals surface area contributed by atoms with Gasteiger partial charge in [-0.25, -0.2) is 4.98 Å². The minimum atomic E-state index is 0.184. The van der Waals surface area contributed by atoms with Crippen LogP contribution in [-0.4, -0.2) is 22.6 Å². The topological polar surface area (TPSA) is 70.9 Å². The Labute approximate surface area is 170 Å². The zero-order chi connectivity index (χ0) is 20.0. The Bertz CT molecular complexity index is 1260. The van der Waals surface area contributed by atoms with Gasteiger partial charge in [-0.3, -0.25) is 0 Å². The second kappa shape index (κ2) is 6.82. The van der Waals surface area contributed by atoms with Crippen LogP contribution in [0.25, 0.3) is 32.9 Å². The highest BCUT2D eigenvalue weighted by atomic mass is 15.1. The second-order valence-electron chi connectivity index (χ2n) is 7.86. The van der Waals surface area contributed by atoms with Crippen LogP contribution < -0.4 is 10.6 Å². The molecule has 5 nitrogen and oxygen atoms in total. The molecule has 0 bridgehead atoms. The maximum atomic E-state index is 9.11. The van der Waals surface area contributed by atoms with E-state index in [2.05, 4.69) is 77.3 Å². The molecule has 2 aromatic carbocycles. The lowest BCUT2D eigenvalue weighted by atomic mass is 9.98. The van der Waals surface area contributed by atoms with Crippen molar-refractivity contribution in [2.75, 3.05) is 23.7 Å². The van der Waals surface area contributed by atoms with E-state index in [1.54, 1.807) is 0 Å². The molecule has 2 N–H and O–H groups in total. The number of aromatic nitrogens is 2. The number of nitrogens with zero attached hydrogens (tertiary/aromatic N) is 4. The van der Waals surface area contributed by atoms with E-state index in [1.807, 2.05) is 0 Å². The molecule has 2 aromatic heterocycles. The summed E-state index contributed by atoms with van der Waals surface area (Å²) in [5, 5.41) is 11.4. The molecule has 1 aliphatic rings. The molecule has 0 spiro atoms. The Hall–Kier alpha value is -3.52. The van der Waals surface area contributed by atoms with Gasteiger partial charge in [-0.1, -0.05) is 24.3 Å². The van der Waals surface area contributed by atoms with E-state index in [0.717, 1.165) is 53.6 Å². The first-order chi connectivity index (χ1) is 14.1. The third-order valence-corrected chi connectivity index (χ3v) is 6.06. The molecule has 3 heterocycles. The Kier molecular flexibility index (Phi) is 4.13. The summed E-state index contributed by atoms with van der Waals surface area (Å²) < 4.78 is 2.13. The molecule has 5 heteroatoms. The number of nitrogen functional groups attached to an aromatic ring is 1. The normalized spacial score (nSPS) is 15.1. The van der Waals surface area contributed by atoms with Crippen LogP contribution in [0.1, 0.15) is 12.8 Å². The summed E-state index contributed by atoms with van der Waals surface area (Å²) in [4.78, 5) is 7.08. The van der Waals surface area contributed by atoms with Gasteiger partial charge < -0.3 is 15.2 Å². The van der Waals surface area contributed by atoms with Gasteiger partial charge in [-0.2, -0.15) is 5.26 Å². The minimum Gasteiger partial charge on any atom is -0.383 e. The molecule has 5 rings (SSSR count). The summed E-state index contributed by atoms with van der Waals surface area (Å²) in [6.45, 7) is 1.82. The van der Waals surface area contributed by atoms with Crippen LogP contribution in [0, 0.1) is 17.2 Å². The van der Waals surface area contributed by atoms with Gasteiger partial charge in [-0.05, 0) is 37.1 Å². The van der Waals surface area contributed by atoms with Crippen molar-refractivity contribution >= 4 is 33.3 Å². The molecule has 0 amide bonds. The average Bonchev–Trinajstić information content (AvgIpc) is 3.09. The molecule has 144 valence electrons. The monoisotopic (exact) mass is 381 g/mol. The number of fused-ring (bicyclic) bond motifs is 2. The van der Waals surface area contributed by atoms with Crippen molar-refractivity contribution in [3.05, 3.63) is 54.7 Å². The van der Waals surface area contributed by atoms with Gasteiger partial charge in [0.15, 0.2) is 0 Å². The van der Waals surface area contributed by atoms with Crippen molar-refractivity contribution in [1.82, 2.24) is 9.55 Å². The first-order valence-corrected chi connectivity index (χ1v) is 10.0. The van der Waals surface area contributed by atoms with Gasteiger partial charge in [0.05, 0.1) is 11.6 Å². The van der Waals surface area contributed by atoms with E-state index in [-0.39, 0.29) is 5.92 Å². The number of hydrogen-bond acceptors (Lipinski definition) is 4. The van der Waals surface area contributed by atoms with Crippen LogP contribution in [0.2, 0.25) is 0 Å². The van der Waals surface area contributed by atoms with E-state index < -0.39 is 0 Å². The predicted molar refractivity (Wildman–Crippen MR) is 119 cm³/mol. The summed E-state index contributed by atoms with van der Waals surface area (Å²) in [5.41, 5.74) is 11.7. The second-order valence-corrected chi connectivity index (χ2v) is 7.86. The van der Waals surface area contributed by atoms with Crippen molar-refractivity contribution in [1.29, 1.82) is 5.26 Å². The zero-order valence-electron chi connectivity index (χ0n) is 16.5. The molecule has 0 atom stereocenters. The van der Waals surface area contributed by atoms with E-state index >= 15 is 0 Å². The van der Waals surface area contributed by atoms with E-state index in [1.165, 1.54) is 10.9 Å². The summed E-state index contributed by atoms with van der Waals surface area (Å²) in [5.74, 6) is 0.734. The molecule has 1 aliphatic heterocycles. The maximum Gasteiger partial charge on any atom is 0.132 e. The predicted octanol–water partition coefficient (Wildman–Crippen LogP) is 4.72. The molecule has 29 heavy (non-hydrogen) atoms. The lowest BCUT2D eigenvalue weighted by Gasteiger charge is -2.31. The van der Waals surface area contributed by atoms with Crippen molar-refractivity contribution in [2.45, 2.75) is 12.8 Å². The van der Waals surface area contributed by atoms with Crippen molar-refractivity contribution in [2.24, 2.45) is 13.0 Å². The van der Waals surface area contributed by atoms with Crippen molar-refractivity contribution in [3.63, 3.8) is 0 Å². The third kappa shape index (κ3) is 2.98. The summed E-state index contributed by atoms with van der Waals surface area (Å²) >= 11 is 0. The van der Waals surface area contributed by atoms with Crippen LogP contribution in [0.15, 0.2) is 54.7 Å². The number of benzene rings is 2. The average molecular weight is 381 g/mol. The number of nitrogens with two attached hydrogens (primary N) is 1. The number of rotatable bonds is 2. The van der Waals surface area contributed by atoms with Crippen molar-refractivity contribution < 1.29 is 0 Å². The third-order valence-electron chi connectivity index (χ3n) is 6.06. The molecule has 0 radical (unpaired) electrons. The van der Waals surface area contributed by atoms with Gasteiger partial charge in [0, 0.05) is 65.4 Å². The van der Waals surface area contributed by atoms with Gasteiger partial charge in [-0.15, -0.1) is 0 Å². The van der Waals surface area contributed by atoms with Crippen LogP contribution in [0.4, 0.5) is 11.5 Å². The number of para-hydroxylation sites is 1. The smallest absolute Gasteiger partial charge is 0.132 e. The summed E-state index contributed by atoms with van der Waals surface area (Å²) in [6.07, 6.45) is 3.96. The first kappa shape index (κ1) is 17.6. The molecule has 1 fully saturated rings. The van der Waals surface area contributed by atoms with Crippen LogP contribution in [0.5, 0.6) is 0 Å². The van der Waals surface area contributed by atoms with Crippen LogP contribution in [0.3, 0.4) is 0 Å². The molecule has 0 aliphatic carbocycles. The highest BCUT2D eigenvalue weighted by molar-refractivity contribution is 6.01. The SMILES string of the molecule is Cn1cc(-c2cc3ccc(N4CCC(C#N)CC4)cc3nc2N)c2ccccc21. The van der Waals surface area contributed by atoms with Gasteiger partial charge in [0.2, 0.25) is 0 Å². The van der Waals surface area contributed by atoms with Gasteiger partial charge in [0.1, 0.15) is 5.82 Å². The molecule has 4 aromatic rings. The molecular weight excluding hydrogens is 358 g/mol. The highest BCUT2D eigenvalue weighted by Crippen LogP contribution is 2.35. The first-order valence-electron chi connectivity index (χ1n) is 10.0. The number of pyridine rings is 1. The number of aryl methyl sites for hydroxylation is 1. The Balaban J connectivity index is 1.55. The number of hydrogen-bond donors (Lipinski definition) is 1. The van der Waals surface area contributed by atoms with Gasteiger partial charge in [0.25, 0.3) is 0 Å². The summed E-state index contributed by atoms with van der Waals surface area (Å²) in [6, 6.07) is 19.3. The van der Waals surface area contributed by atoms with E-state index in [0.29, 0.717) is 5.82 Å². The largest absolute Gasteiger partial charge is 0.383 e. The molecule has 1 saturated heterocycles. The fourth-order valence-electron chi connectivity index (χ4n) is 4.41. The molecule has 0 saturated carbocycles. The Morgan fingerprint density at radius 2 is 1.86 bits per heavy atom. The van der Waals surface area contributed by atoms with Gasteiger partial charge >= 0.3 is 0 Å². The lowest BCUT2D eigenvalue weighted by Crippen LogP contribution is -2.33. The fraction of sp³-hybridized carbons (Fsp3) is 0.250. The van der Waals surface area contributed by atoms with Crippen molar-refractivity contribution in [3.8, 4) is 17.2 Å². The maximum absolute atomic E-state index is 9.11. The Morgan fingerprint density at radius 3 is 2.66 bits per heavy atom. The molecular formula is C24H23N5. The highest BCUT2D eigenvalue weighted by Gasteiger charge is 2.19. The van der Waals surface area contributed by atoms with Crippen LogP contribution in [-0.2, 0) is 7.05 Å². The quantitative estimate of drug-likeness (QED) is 0.546. The van der Waals surface area contributed by atoms with E-state index in [4.69, 9.17) is 16.0 Å².